The number of rotatable bonds is 4. The Morgan fingerprint density at radius 2 is 1.95 bits per heavy atom. The lowest BCUT2D eigenvalue weighted by Gasteiger charge is -2.38. The number of hydrogen-bond donors (Lipinski definition) is 1. The molecule has 2 aromatic heterocycles. The van der Waals surface area contributed by atoms with Crippen molar-refractivity contribution in [2.45, 2.75) is 38.8 Å². The van der Waals surface area contributed by atoms with Crippen molar-refractivity contribution in [2.75, 3.05) is 33.9 Å². The van der Waals surface area contributed by atoms with Crippen LogP contribution in [0.5, 0.6) is 0 Å². The predicted octanol–water partition coefficient (Wildman–Crippen LogP) is 5.44. The molecule has 0 saturated carbocycles. The average Bonchev–Trinajstić information content (AvgIpc) is 3.36. The molecule has 0 aliphatic carbocycles. The quantitative estimate of drug-likeness (QED) is 0.410. The Morgan fingerprint density at radius 3 is 2.70 bits per heavy atom. The maximum atomic E-state index is 12.3. The second-order valence-corrected chi connectivity index (χ2v) is 10.6. The molecule has 2 aromatic carbocycles. The number of aromatic nitrogens is 2. The standard InChI is InChI=1S/C31H34N4O2/c1-20-13-23(14-25-18-35(11-10-27(20)25)26-5-4-12-37-19-26)24-15-28-29(17-33-30(28)32-16-24)21-6-8-22(9-7-21)31(36)34(2)3/h6-9,13-17,26H,4-5,10-12,18-19H2,1-3H3,(H,32,33). The molecule has 2 aliphatic rings. The van der Waals surface area contributed by atoms with Gasteiger partial charge in [-0.05, 0) is 78.3 Å². The Balaban J connectivity index is 1.32. The number of aryl methyl sites for hydroxylation is 1. The van der Waals surface area contributed by atoms with E-state index in [-0.39, 0.29) is 5.91 Å². The molecule has 0 bridgehead atoms. The second kappa shape index (κ2) is 9.77. The number of nitrogens with one attached hydrogen (secondary N) is 1. The molecule has 1 N–H and O–H groups in total. The van der Waals surface area contributed by atoms with Crippen LogP contribution in [-0.4, -0.2) is 65.6 Å². The van der Waals surface area contributed by atoms with Crippen LogP contribution >= 0.6 is 0 Å². The van der Waals surface area contributed by atoms with Gasteiger partial charge in [0, 0.05) is 74.3 Å². The van der Waals surface area contributed by atoms with Gasteiger partial charge in [-0.2, -0.15) is 0 Å². The number of pyridine rings is 1. The number of hydrogen-bond acceptors (Lipinski definition) is 4. The van der Waals surface area contributed by atoms with E-state index in [1.165, 1.54) is 28.7 Å². The smallest absolute Gasteiger partial charge is 0.253 e. The van der Waals surface area contributed by atoms with Crippen LogP contribution in [0.1, 0.15) is 39.9 Å². The lowest BCUT2D eigenvalue weighted by molar-refractivity contribution is 0.0125. The molecular weight excluding hydrogens is 460 g/mol. The van der Waals surface area contributed by atoms with Gasteiger partial charge < -0.3 is 14.6 Å². The largest absolute Gasteiger partial charge is 0.380 e. The first-order valence-corrected chi connectivity index (χ1v) is 13.2. The highest BCUT2D eigenvalue weighted by molar-refractivity contribution is 5.98. The third kappa shape index (κ3) is 4.56. The third-order valence-electron chi connectivity index (χ3n) is 7.95. The maximum Gasteiger partial charge on any atom is 0.253 e. The number of fused-ring (bicyclic) bond motifs is 2. The fraction of sp³-hybridized carbons (Fsp3) is 0.355. The molecular formula is C31H34N4O2. The monoisotopic (exact) mass is 494 g/mol. The normalized spacial score (nSPS) is 18.1. The first-order chi connectivity index (χ1) is 18.0. The molecule has 4 heterocycles. The summed E-state index contributed by atoms with van der Waals surface area (Å²) in [4.78, 5) is 24.6. The van der Waals surface area contributed by atoms with E-state index in [1.54, 1.807) is 19.0 Å². The van der Waals surface area contributed by atoms with Crippen molar-refractivity contribution >= 4 is 16.9 Å². The first kappa shape index (κ1) is 23.9. The zero-order chi connectivity index (χ0) is 25.5. The molecule has 6 rings (SSSR count). The van der Waals surface area contributed by atoms with Gasteiger partial charge in [0.05, 0.1) is 6.61 Å². The fourth-order valence-electron chi connectivity index (χ4n) is 5.88. The Morgan fingerprint density at radius 1 is 1.11 bits per heavy atom. The van der Waals surface area contributed by atoms with E-state index in [4.69, 9.17) is 9.72 Å². The van der Waals surface area contributed by atoms with Crippen molar-refractivity contribution in [3.8, 4) is 22.3 Å². The number of ether oxygens (including phenoxy) is 1. The molecule has 1 unspecified atom stereocenters. The van der Waals surface area contributed by atoms with Crippen LogP contribution in [0.4, 0.5) is 0 Å². The van der Waals surface area contributed by atoms with Gasteiger partial charge in [-0.15, -0.1) is 0 Å². The number of nitrogens with zero attached hydrogens (tertiary/aromatic N) is 3. The van der Waals surface area contributed by atoms with E-state index in [1.807, 2.05) is 36.7 Å². The highest BCUT2D eigenvalue weighted by Crippen LogP contribution is 2.34. The Bertz CT molecular complexity index is 1450. The summed E-state index contributed by atoms with van der Waals surface area (Å²) in [5.74, 6) is 0.00628. The van der Waals surface area contributed by atoms with Gasteiger partial charge in [0.2, 0.25) is 0 Å². The summed E-state index contributed by atoms with van der Waals surface area (Å²) in [6, 6.07) is 15.3. The van der Waals surface area contributed by atoms with E-state index in [2.05, 4.69) is 35.0 Å². The van der Waals surface area contributed by atoms with Crippen molar-refractivity contribution in [3.05, 3.63) is 77.1 Å². The molecule has 1 fully saturated rings. The molecule has 190 valence electrons. The minimum absolute atomic E-state index is 0.00628. The van der Waals surface area contributed by atoms with Gasteiger partial charge in [-0.25, -0.2) is 4.98 Å². The van der Waals surface area contributed by atoms with Gasteiger partial charge in [0.15, 0.2) is 0 Å². The molecule has 6 nitrogen and oxygen atoms in total. The highest BCUT2D eigenvalue weighted by atomic mass is 16.5. The van der Waals surface area contributed by atoms with Gasteiger partial charge in [0.1, 0.15) is 5.65 Å². The number of carbonyl (C=O) groups is 1. The number of benzene rings is 2. The molecule has 4 aromatic rings. The fourth-order valence-corrected chi connectivity index (χ4v) is 5.88. The summed E-state index contributed by atoms with van der Waals surface area (Å²) in [5, 5.41) is 1.08. The van der Waals surface area contributed by atoms with Crippen molar-refractivity contribution in [1.29, 1.82) is 0 Å². The van der Waals surface area contributed by atoms with Crippen LogP contribution in [0.25, 0.3) is 33.3 Å². The van der Waals surface area contributed by atoms with Crippen molar-refractivity contribution in [3.63, 3.8) is 0 Å². The molecule has 6 heteroatoms. The molecule has 2 aliphatic heterocycles. The lowest BCUT2D eigenvalue weighted by Crippen LogP contribution is -2.43. The Hall–Kier alpha value is -3.48. The van der Waals surface area contributed by atoms with E-state index in [0.717, 1.165) is 66.9 Å². The van der Waals surface area contributed by atoms with Crippen LogP contribution < -0.4 is 0 Å². The van der Waals surface area contributed by atoms with Crippen molar-refractivity contribution in [2.24, 2.45) is 0 Å². The van der Waals surface area contributed by atoms with Crippen molar-refractivity contribution in [1.82, 2.24) is 19.8 Å². The summed E-state index contributed by atoms with van der Waals surface area (Å²) < 4.78 is 5.78. The lowest BCUT2D eigenvalue weighted by atomic mass is 9.90. The number of amides is 1. The molecule has 1 saturated heterocycles. The third-order valence-corrected chi connectivity index (χ3v) is 7.95. The van der Waals surface area contributed by atoms with E-state index < -0.39 is 0 Å². The zero-order valence-electron chi connectivity index (χ0n) is 21.9. The highest BCUT2D eigenvalue weighted by Gasteiger charge is 2.26. The molecule has 0 radical (unpaired) electrons. The predicted molar refractivity (Wildman–Crippen MR) is 148 cm³/mol. The van der Waals surface area contributed by atoms with Crippen LogP contribution in [0, 0.1) is 6.92 Å². The van der Waals surface area contributed by atoms with Gasteiger partial charge >= 0.3 is 0 Å². The summed E-state index contributed by atoms with van der Waals surface area (Å²) in [6.45, 7) is 6.10. The van der Waals surface area contributed by atoms with Crippen LogP contribution in [0.3, 0.4) is 0 Å². The van der Waals surface area contributed by atoms with Crippen LogP contribution in [0.2, 0.25) is 0 Å². The second-order valence-electron chi connectivity index (χ2n) is 10.6. The summed E-state index contributed by atoms with van der Waals surface area (Å²) in [7, 11) is 3.54. The van der Waals surface area contributed by atoms with Gasteiger partial charge in [-0.1, -0.05) is 18.2 Å². The maximum absolute atomic E-state index is 12.3. The summed E-state index contributed by atoms with van der Waals surface area (Å²) in [5.41, 5.74) is 10.3. The molecule has 1 amide bonds. The number of H-pyrrole nitrogens is 1. The average molecular weight is 495 g/mol. The molecule has 0 spiro atoms. The zero-order valence-corrected chi connectivity index (χ0v) is 21.9. The van der Waals surface area contributed by atoms with E-state index in [9.17, 15) is 4.79 Å². The van der Waals surface area contributed by atoms with Crippen LogP contribution in [-0.2, 0) is 17.7 Å². The van der Waals surface area contributed by atoms with E-state index >= 15 is 0 Å². The number of aromatic amines is 1. The Labute approximate surface area is 218 Å². The minimum atomic E-state index is 0.00628. The topological polar surface area (TPSA) is 61.5 Å². The summed E-state index contributed by atoms with van der Waals surface area (Å²) >= 11 is 0. The summed E-state index contributed by atoms with van der Waals surface area (Å²) in [6.07, 6.45) is 7.47. The van der Waals surface area contributed by atoms with Crippen molar-refractivity contribution < 1.29 is 9.53 Å². The molecule has 37 heavy (non-hydrogen) atoms. The molecule has 1 atom stereocenters. The SMILES string of the molecule is Cc1cc(-c2cnc3[nH]cc(-c4ccc(C(=O)N(C)C)cc4)c3c2)cc2c1CCN(C1CCCOC1)C2. The minimum Gasteiger partial charge on any atom is -0.380 e. The van der Waals surface area contributed by atoms with Gasteiger partial charge in [0.25, 0.3) is 5.91 Å². The van der Waals surface area contributed by atoms with Gasteiger partial charge in [-0.3, -0.25) is 9.69 Å². The van der Waals surface area contributed by atoms with E-state index in [0.29, 0.717) is 11.6 Å². The Kier molecular flexibility index (Phi) is 6.31. The first-order valence-electron chi connectivity index (χ1n) is 13.2. The number of carbonyl (C=O) groups excluding carboxylic acids is 1. The van der Waals surface area contributed by atoms with Crippen LogP contribution in [0.15, 0.2) is 54.9 Å².